The number of imide groups is 1. The second kappa shape index (κ2) is 9.48. The molecule has 3 aliphatic rings. The predicted octanol–water partition coefficient (Wildman–Crippen LogP) is 4.17. The number of pyridine rings is 2. The van der Waals surface area contributed by atoms with E-state index in [1.54, 1.807) is 18.5 Å². The summed E-state index contributed by atoms with van der Waals surface area (Å²) in [5.74, 6) is -4.64. The van der Waals surface area contributed by atoms with E-state index in [1.165, 1.54) is 25.2 Å². The van der Waals surface area contributed by atoms with Crippen molar-refractivity contribution >= 4 is 39.3 Å². The number of amides is 2. The van der Waals surface area contributed by atoms with Gasteiger partial charge in [-0.3, -0.25) is 24.5 Å². The van der Waals surface area contributed by atoms with Gasteiger partial charge in [-0.2, -0.15) is 13.2 Å². The molecular formula is C28H27F3N4O5S. The minimum absolute atomic E-state index is 0.00451. The molecule has 0 radical (unpaired) electrons. The Morgan fingerprint density at radius 2 is 2.00 bits per heavy atom. The molecule has 9 nitrogen and oxygen atoms in total. The number of carbonyl (C=O) groups is 3. The fourth-order valence-corrected chi connectivity index (χ4v) is 7.17. The molecule has 2 unspecified atom stereocenters. The van der Waals surface area contributed by atoms with E-state index in [4.69, 9.17) is 9.47 Å². The molecule has 2 amide bonds. The number of ether oxygens (including phenoxy) is 2. The summed E-state index contributed by atoms with van der Waals surface area (Å²) in [6.45, 7) is 6.29. The number of rotatable bonds is 6. The number of thiophene rings is 1. The van der Waals surface area contributed by atoms with Gasteiger partial charge in [0.1, 0.15) is 11.9 Å². The van der Waals surface area contributed by atoms with Gasteiger partial charge in [0, 0.05) is 39.9 Å². The minimum atomic E-state index is -5.29. The van der Waals surface area contributed by atoms with Crippen molar-refractivity contribution in [2.45, 2.75) is 58.0 Å². The standard InChI is InChI=1S/C28H27F3N4O5S/c1-14-9-18(20(12-34-14)39-15-5-4-7-32-11-15)17-6-8-33-19-10-16(41-21(17)19)13-35-23(36)22-26(2,3)27(22,24(35)37)40-25(38)28(29,30)31/h6,8-10,12,15,22,32H,4-5,7,11,13H2,1-3H3/t15-,22?,27?/m0/s1. The number of hydrogen-bond donors (Lipinski definition) is 1. The van der Waals surface area contributed by atoms with Gasteiger partial charge < -0.3 is 14.8 Å². The summed E-state index contributed by atoms with van der Waals surface area (Å²) in [5, 5.41) is 3.34. The first kappa shape index (κ1) is 27.6. The van der Waals surface area contributed by atoms with Crippen molar-refractivity contribution in [2.24, 2.45) is 11.3 Å². The summed E-state index contributed by atoms with van der Waals surface area (Å²) in [6, 6.07) is 5.54. The van der Waals surface area contributed by atoms with Crippen LogP contribution in [0.25, 0.3) is 21.3 Å². The lowest BCUT2D eigenvalue weighted by atomic mass is 10.0. The lowest BCUT2D eigenvalue weighted by Gasteiger charge is -2.25. The molecule has 1 N–H and O–H groups in total. The van der Waals surface area contributed by atoms with E-state index in [-0.39, 0.29) is 12.6 Å². The van der Waals surface area contributed by atoms with Crippen LogP contribution < -0.4 is 10.1 Å². The highest BCUT2D eigenvalue weighted by Gasteiger charge is 2.88. The number of hydrogen-bond acceptors (Lipinski definition) is 9. The molecule has 3 aromatic heterocycles. The van der Waals surface area contributed by atoms with Gasteiger partial charge in [0.2, 0.25) is 11.5 Å². The first-order valence-electron chi connectivity index (χ1n) is 13.2. The van der Waals surface area contributed by atoms with E-state index in [9.17, 15) is 27.6 Å². The van der Waals surface area contributed by atoms with Gasteiger partial charge in [0.15, 0.2) is 0 Å². The van der Waals surface area contributed by atoms with Crippen molar-refractivity contribution < 1.29 is 37.0 Å². The maximum absolute atomic E-state index is 13.4. The average molecular weight is 589 g/mol. The zero-order chi connectivity index (χ0) is 29.3. The Morgan fingerprint density at radius 1 is 1.22 bits per heavy atom. The molecule has 3 aromatic rings. The second-order valence-electron chi connectivity index (χ2n) is 11.2. The highest BCUT2D eigenvalue weighted by Crippen LogP contribution is 2.69. The number of carbonyl (C=O) groups excluding carboxylic acids is 3. The summed E-state index contributed by atoms with van der Waals surface area (Å²) in [7, 11) is 0. The van der Waals surface area contributed by atoms with Gasteiger partial charge >= 0.3 is 12.1 Å². The molecule has 2 saturated heterocycles. The van der Waals surface area contributed by atoms with Crippen molar-refractivity contribution in [1.82, 2.24) is 20.2 Å². The first-order valence-corrected chi connectivity index (χ1v) is 14.0. The van der Waals surface area contributed by atoms with Gasteiger partial charge in [-0.05, 0) is 44.5 Å². The topological polar surface area (TPSA) is 111 Å². The number of esters is 1. The molecule has 13 heteroatoms. The first-order chi connectivity index (χ1) is 19.3. The van der Waals surface area contributed by atoms with Crippen LogP contribution in [0.2, 0.25) is 0 Å². The third kappa shape index (κ3) is 4.37. The fourth-order valence-electron chi connectivity index (χ4n) is 6.03. The number of fused-ring (bicyclic) bond motifs is 2. The van der Waals surface area contributed by atoms with Gasteiger partial charge in [-0.25, -0.2) is 4.79 Å². The number of alkyl halides is 3. The SMILES string of the molecule is Cc1cc(-c2ccnc3cc(CN4C(=O)C5C(C)(C)C5(OC(=O)C(F)(F)F)C4=O)sc23)c(O[C@H]2CCCNC2)cn1. The van der Waals surface area contributed by atoms with Crippen LogP contribution >= 0.6 is 11.3 Å². The number of likely N-dealkylation sites (tertiary alicyclic amines) is 1. The Balaban J connectivity index is 1.30. The summed E-state index contributed by atoms with van der Waals surface area (Å²) in [5.41, 5.74) is -0.301. The Labute approximate surface area is 237 Å². The molecule has 5 heterocycles. The van der Waals surface area contributed by atoms with Crippen molar-refractivity contribution in [3.63, 3.8) is 0 Å². The molecule has 1 saturated carbocycles. The van der Waals surface area contributed by atoms with Crippen molar-refractivity contribution in [3.8, 4) is 16.9 Å². The molecule has 41 heavy (non-hydrogen) atoms. The summed E-state index contributed by atoms with van der Waals surface area (Å²) >= 11 is 1.32. The minimum Gasteiger partial charge on any atom is -0.487 e. The Hall–Kier alpha value is -3.58. The van der Waals surface area contributed by atoms with E-state index in [1.807, 2.05) is 19.1 Å². The van der Waals surface area contributed by atoms with Crippen LogP contribution in [0.4, 0.5) is 13.2 Å². The summed E-state index contributed by atoms with van der Waals surface area (Å²) in [4.78, 5) is 48.6. The smallest absolute Gasteiger partial charge is 0.487 e. The Bertz CT molecular complexity index is 1580. The number of nitrogens with one attached hydrogen (secondary N) is 1. The molecule has 0 aromatic carbocycles. The quantitative estimate of drug-likeness (QED) is 0.338. The molecule has 216 valence electrons. The Morgan fingerprint density at radius 3 is 2.71 bits per heavy atom. The summed E-state index contributed by atoms with van der Waals surface area (Å²) < 4.78 is 50.8. The zero-order valence-electron chi connectivity index (χ0n) is 22.5. The average Bonchev–Trinajstić information content (AvgIpc) is 3.15. The van der Waals surface area contributed by atoms with Crippen LogP contribution in [0.5, 0.6) is 5.75 Å². The van der Waals surface area contributed by atoms with Gasteiger partial charge in [0.25, 0.3) is 5.91 Å². The molecule has 3 atom stereocenters. The molecule has 1 aliphatic carbocycles. The van der Waals surface area contributed by atoms with E-state index < -0.39 is 40.9 Å². The Kier molecular flexibility index (Phi) is 6.38. The lowest BCUT2D eigenvalue weighted by molar-refractivity contribution is -0.209. The van der Waals surface area contributed by atoms with Gasteiger partial charge in [-0.1, -0.05) is 13.8 Å². The molecular weight excluding hydrogens is 561 g/mol. The number of nitrogens with zero attached hydrogens (tertiary/aromatic N) is 3. The van der Waals surface area contributed by atoms with Crippen LogP contribution in [0, 0.1) is 18.3 Å². The maximum Gasteiger partial charge on any atom is 0.490 e. The fraction of sp³-hybridized carbons (Fsp3) is 0.464. The van der Waals surface area contributed by atoms with Crippen molar-refractivity contribution in [3.05, 3.63) is 41.2 Å². The van der Waals surface area contributed by atoms with Crippen LogP contribution in [-0.2, 0) is 25.7 Å². The third-order valence-electron chi connectivity index (χ3n) is 8.18. The maximum atomic E-state index is 13.4. The molecule has 2 aliphatic heterocycles. The van der Waals surface area contributed by atoms with Crippen LogP contribution in [0.1, 0.15) is 37.3 Å². The summed E-state index contributed by atoms with van der Waals surface area (Å²) in [6.07, 6.45) is 0.0112. The van der Waals surface area contributed by atoms with Gasteiger partial charge in [0.05, 0.1) is 28.9 Å². The van der Waals surface area contributed by atoms with E-state index >= 15 is 0 Å². The number of piperidine rings is 2. The largest absolute Gasteiger partial charge is 0.490 e. The van der Waals surface area contributed by atoms with Gasteiger partial charge in [-0.15, -0.1) is 11.3 Å². The monoisotopic (exact) mass is 588 g/mol. The predicted molar refractivity (Wildman–Crippen MR) is 142 cm³/mol. The molecule has 6 rings (SSSR count). The third-order valence-corrected chi connectivity index (χ3v) is 9.32. The zero-order valence-corrected chi connectivity index (χ0v) is 23.3. The van der Waals surface area contributed by atoms with Crippen molar-refractivity contribution in [2.75, 3.05) is 13.1 Å². The van der Waals surface area contributed by atoms with Crippen LogP contribution in [0.15, 0.2) is 30.6 Å². The van der Waals surface area contributed by atoms with Crippen molar-refractivity contribution in [1.29, 1.82) is 0 Å². The normalized spacial score (nSPS) is 25.4. The molecule has 0 bridgehead atoms. The number of aryl methyl sites for hydroxylation is 1. The van der Waals surface area contributed by atoms with Crippen LogP contribution in [-0.4, -0.2) is 63.6 Å². The highest BCUT2D eigenvalue weighted by molar-refractivity contribution is 7.19. The van der Waals surface area contributed by atoms with E-state index in [2.05, 4.69) is 15.3 Å². The number of halogens is 3. The lowest BCUT2D eigenvalue weighted by Crippen LogP contribution is -2.45. The van der Waals surface area contributed by atoms with E-state index in [0.29, 0.717) is 16.1 Å². The molecule has 3 fully saturated rings. The van der Waals surface area contributed by atoms with E-state index in [0.717, 1.165) is 52.4 Å². The molecule has 0 spiro atoms. The second-order valence-corrected chi connectivity index (χ2v) is 12.3. The van der Waals surface area contributed by atoms with Crippen LogP contribution in [0.3, 0.4) is 0 Å². The number of aromatic nitrogens is 2. The highest BCUT2D eigenvalue weighted by atomic mass is 32.1.